The summed E-state index contributed by atoms with van der Waals surface area (Å²) in [5.74, 6) is -6.07. The Kier molecular flexibility index (Phi) is 6.83. The summed E-state index contributed by atoms with van der Waals surface area (Å²) < 4.78 is 61.1. The van der Waals surface area contributed by atoms with E-state index in [0.717, 1.165) is 10.2 Å². The maximum Gasteiger partial charge on any atom is 0.255 e. The number of benzene rings is 3. The van der Waals surface area contributed by atoms with Gasteiger partial charge in [-0.25, -0.2) is 17.6 Å². The molecule has 1 N–H and O–H groups in total. The van der Waals surface area contributed by atoms with E-state index in [-0.39, 0.29) is 18.4 Å². The fourth-order valence-electron chi connectivity index (χ4n) is 3.13. The molecule has 0 aliphatic carbocycles. The average molecular weight is 490 g/mol. The van der Waals surface area contributed by atoms with Crippen LogP contribution in [-0.4, -0.2) is 15.7 Å². The lowest BCUT2D eigenvalue weighted by atomic mass is 10.1. The largest absolute Gasteiger partial charge is 0.489 e. The second-order valence-electron chi connectivity index (χ2n) is 7.27. The predicted octanol–water partition coefficient (Wildman–Crippen LogP) is 5.97. The average Bonchev–Trinajstić information content (AvgIpc) is 3.27. The lowest BCUT2D eigenvalue weighted by Gasteiger charge is -2.08. The summed E-state index contributed by atoms with van der Waals surface area (Å²) in [5.41, 5.74) is 0.662. The molecule has 174 valence electrons. The van der Waals surface area contributed by atoms with Crippen molar-refractivity contribution in [3.05, 3.63) is 112 Å². The van der Waals surface area contributed by atoms with Crippen LogP contribution in [0.15, 0.2) is 67.0 Å². The number of anilines is 1. The summed E-state index contributed by atoms with van der Waals surface area (Å²) in [4.78, 5) is 12.6. The van der Waals surface area contributed by atoms with E-state index in [9.17, 15) is 22.4 Å². The van der Waals surface area contributed by atoms with Crippen LogP contribution in [0.25, 0.3) is 0 Å². The number of carbonyl (C=O) groups is 1. The second-order valence-corrected chi connectivity index (χ2v) is 7.71. The van der Waals surface area contributed by atoms with Crippen LogP contribution >= 0.6 is 11.6 Å². The number of ether oxygens (including phenoxy) is 1. The van der Waals surface area contributed by atoms with Crippen LogP contribution in [0.2, 0.25) is 5.02 Å². The monoisotopic (exact) mass is 489 g/mol. The molecule has 0 aliphatic rings. The van der Waals surface area contributed by atoms with E-state index < -0.39 is 41.3 Å². The summed E-state index contributed by atoms with van der Waals surface area (Å²) in [5, 5.41) is 7.12. The number of aromatic nitrogens is 2. The summed E-state index contributed by atoms with van der Waals surface area (Å²) in [6.45, 7) is -0.270. The molecular weight excluding hydrogens is 474 g/mol. The van der Waals surface area contributed by atoms with Gasteiger partial charge < -0.3 is 10.1 Å². The highest BCUT2D eigenvalue weighted by atomic mass is 35.5. The van der Waals surface area contributed by atoms with Crippen LogP contribution < -0.4 is 10.1 Å². The highest BCUT2D eigenvalue weighted by Gasteiger charge is 2.19. The first-order valence-corrected chi connectivity index (χ1v) is 10.3. The maximum absolute atomic E-state index is 13.9. The first-order chi connectivity index (χ1) is 16.3. The Bertz CT molecular complexity index is 1340. The first-order valence-electron chi connectivity index (χ1n) is 9.93. The molecule has 1 amide bonds. The van der Waals surface area contributed by atoms with Gasteiger partial charge in [-0.1, -0.05) is 23.7 Å². The molecule has 1 heterocycles. The minimum atomic E-state index is -1.77. The molecule has 34 heavy (non-hydrogen) atoms. The van der Waals surface area contributed by atoms with Gasteiger partial charge in [0.05, 0.1) is 18.4 Å². The van der Waals surface area contributed by atoms with Gasteiger partial charge >= 0.3 is 0 Å². The molecule has 0 saturated heterocycles. The van der Waals surface area contributed by atoms with E-state index >= 15 is 0 Å². The van der Waals surface area contributed by atoms with Crippen molar-refractivity contribution in [2.75, 3.05) is 5.32 Å². The third-order valence-electron chi connectivity index (χ3n) is 4.83. The molecule has 1 aromatic heterocycles. The van der Waals surface area contributed by atoms with Gasteiger partial charge in [0.2, 0.25) is 0 Å². The predicted molar refractivity (Wildman–Crippen MR) is 118 cm³/mol. The lowest BCUT2D eigenvalue weighted by molar-refractivity contribution is 0.102. The van der Waals surface area contributed by atoms with Gasteiger partial charge in [-0.3, -0.25) is 9.48 Å². The number of carbonyl (C=O) groups excluding carboxylic acids is 1. The zero-order valence-corrected chi connectivity index (χ0v) is 18.1. The minimum absolute atomic E-state index is 0.228. The number of halogens is 5. The quantitative estimate of drug-likeness (QED) is 0.198. The Morgan fingerprint density at radius 3 is 2.53 bits per heavy atom. The molecule has 0 spiro atoms. The smallest absolute Gasteiger partial charge is 0.255 e. The number of nitrogens with one attached hydrogen (secondary N) is 1. The first kappa shape index (κ1) is 23.3. The molecule has 0 bridgehead atoms. The molecule has 3 aromatic carbocycles. The standard InChI is InChI=1S/C24H16ClF4N3O2/c25-16-4-6-18(7-5-16)34-13-14-2-1-3-15(8-14)24(33)31-17-10-30-32(11-17)12-19-20(26)9-21(27)23(29)22(19)28/h1-11H,12-13H2,(H,31,33). The topological polar surface area (TPSA) is 56.2 Å². The van der Waals surface area contributed by atoms with Crippen LogP contribution in [0.4, 0.5) is 23.2 Å². The van der Waals surface area contributed by atoms with E-state index in [2.05, 4.69) is 10.4 Å². The number of nitrogens with zero attached hydrogens (tertiary/aromatic N) is 2. The molecular formula is C24H16ClF4N3O2. The Hall–Kier alpha value is -3.85. The molecule has 4 rings (SSSR count). The van der Waals surface area contributed by atoms with Crippen LogP contribution in [0.1, 0.15) is 21.5 Å². The molecule has 0 saturated carbocycles. The van der Waals surface area contributed by atoms with Crippen LogP contribution in [0, 0.1) is 23.3 Å². The van der Waals surface area contributed by atoms with E-state index in [4.69, 9.17) is 16.3 Å². The van der Waals surface area contributed by atoms with Gasteiger partial charge in [0, 0.05) is 28.4 Å². The Balaban J connectivity index is 1.41. The minimum Gasteiger partial charge on any atom is -0.489 e. The van der Waals surface area contributed by atoms with Gasteiger partial charge in [-0.2, -0.15) is 5.10 Å². The van der Waals surface area contributed by atoms with Crippen molar-refractivity contribution in [2.45, 2.75) is 13.2 Å². The van der Waals surface area contributed by atoms with Crippen molar-refractivity contribution in [1.29, 1.82) is 0 Å². The molecule has 10 heteroatoms. The lowest BCUT2D eigenvalue weighted by Crippen LogP contribution is -2.12. The van der Waals surface area contributed by atoms with Gasteiger partial charge in [-0.05, 0) is 42.0 Å². The zero-order chi connectivity index (χ0) is 24.2. The summed E-state index contributed by atoms with van der Waals surface area (Å²) in [7, 11) is 0. The van der Waals surface area contributed by atoms with E-state index in [1.165, 1.54) is 12.4 Å². The van der Waals surface area contributed by atoms with Crippen LogP contribution in [-0.2, 0) is 13.2 Å². The molecule has 4 aromatic rings. The molecule has 0 atom stereocenters. The highest BCUT2D eigenvalue weighted by molar-refractivity contribution is 6.30. The number of hydrogen-bond donors (Lipinski definition) is 1. The van der Waals surface area contributed by atoms with Gasteiger partial charge in [0.25, 0.3) is 5.91 Å². The third kappa shape index (κ3) is 5.37. The van der Waals surface area contributed by atoms with Crippen LogP contribution in [0.3, 0.4) is 0 Å². The van der Waals surface area contributed by atoms with E-state index in [1.807, 2.05) is 0 Å². The van der Waals surface area contributed by atoms with E-state index in [1.54, 1.807) is 48.5 Å². The second kappa shape index (κ2) is 9.96. The zero-order valence-electron chi connectivity index (χ0n) is 17.4. The fourth-order valence-corrected chi connectivity index (χ4v) is 3.25. The SMILES string of the molecule is O=C(Nc1cnn(Cc2c(F)cc(F)c(F)c2F)c1)c1cccc(COc2ccc(Cl)cc2)c1. The molecule has 0 radical (unpaired) electrons. The Labute approximate surface area is 196 Å². The third-order valence-corrected chi connectivity index (χ3v) is 5.08. The van der Waals surface area contributed by atoms with Gasteiger partial charge in [0.1, 0.15) is 18.2 Å². The highest BCUT2D eigenvalue weighted by Crippen LogP contribution is 2.21. The van der Waals surface area contributed by atoms with Crippen LogP contribution in [0.5, 0.6) is 5.75 Å². The number of hydrogen-bond acceptors (Lipinski definition) is 3. The van der Waals surface area contributed by atoms with E-state index in [0.29, 0.717) is 16.3 Å². The van der Waals surface area contributed by atoms with Crippen molar-refractivity contribution in [3.63, 3.8) is 0 Å². The molecule has 0 unspecified atom stereocenters. The van der Waals surface area contributed by atoms with Crippen molar-refractivity contribution in [3.8, 4) is 5.75 Å². The van der Waals surface area contributed by atoms with Crippen molar-refractivity contribution >= 4 is 23.2 Å². The Morgan fingerprint density at radius 1 is 1.00 bits per heavy atom. The summed E-state index contributed by atoms with van der Waals surface area (Å²) in [6, 6.07) is 13.9. The summed E-state index contributed by atoms with van der Waals surface area (Å²) in [6.07, 6.45) is 2.58. The number of rotatable bonds is 7. The maximum atomic E-state index is 13.9. The van der Waals surface area contributed by atoms with Crippen molar-refractivity contribution in [2.24, 2.45) is 0 Å². The van der Waals surface area contributed by atoms with Gasteiger partial charge in [-0.15, -0.1) is 0 Å². The normalized spacial score (nSPS) is 10.9. The fraction of sp³-hybridized carbons (Fsp3) is 0.0833. The van der Waals surface area contributed by atoms with Crippen molar-refractivity contribution in [1.82, 2.24) is 9.78 Å². The Morgan fingerprint density at radius 2 is 1.76 bits per heavy atom. The molecule has 0 aliphatic heterocycles. The number of amides is 1. The van der Waals surface area contributed by atoms with Gasteiger partial charge in [0.15, 0.2) is 17.5 Å². The molecule has 5 nitrogen and oxygen atoms in total. The summed E-state index contributed by atoms with van der Waals surface area (Å²) >= 11 is 5.85. The molecule has 0 fully saturated rings. The van der Waals surface area contributed by atoms with Crippen molar-refractivity contribution < 1.29 is 27.1 Å².